The van der Waals surface area contributed by atoms with Gasteiger partial charge in [0.05, 0.1) is 11.4 Å². The fourth-order valence-electron chi connectivity index (χ4n) is 0. The van der Waals surface area contributed by atoms with Crippen LogP contribution in [0.3, 0.4) is 0 Å². The molecule has 0 amide bonds. The first-order valence-electron chi connectivity index (χ1n) is 0.516. The average molecular weight is 92.1 g/mol. The number of rotatable bonds is 0. The summed E-state index contributed by atoms with van der Waals surface area (Å²) in [6.45, 7) is 0. The molecule has 3 nitrogen and oxygen atoms in total. The summed E-state index contributed by atoms with van der Waals surface area (Å²) in [7, 11) is 0. The van der Waals surface area contributed by atoms with Crippen LogP contribution in [-0.4, -0.2) is 23.4 Å². The topological polar surface area (TPSA) is 60.4 Å². The van der Waals surface area contributed by atoms with Crippen LogP contribution in [0.2, 0.25) is 0 Å². The van der Waals surface area contributed by atoms with Gasteiger partial charge in [-0.2, -0.15) is 0 Å². The van der Waals surface area contributed by atoms with Crippen LogP contribution < -0.4 is 0 Å². The third-order valence-electron chi connectivity index (χ3n) is 0. The van der Waals surface area contributed by atoms with Crippen LogP contribution in [0.25, 0.3) is 0 Å². The maximum atomic E-state index is 8.56. The molecule has 0 aromatic rings. The van der Waals surface area contributed by atoms with Crippen molar-refractivity contribution in [2.45, 2.75) is 0 Å². The van der Waals surface area contributed by atoms with Crippen LogP contribution >= 0.6 is 0 Å². The van der Waals surface area contributed by atoms with Crippen molar-refractivity contribution in [2.75, 3.05) is 0 Å². The molecular weight excluding hydrogens is 89.1 g/mol. The monoisotopic (exact) mass is 92.0 g/mol. The first-order valence-corrected chi connectivity index (χ1v) is 1.55. The zero-order valence-electron chi connectivity index (χ0n) is 4.38. The molecule has 0 aromatic heterocycles. The van der Waals surface area contributed by atoms with Crippen molar-refractivity contribution < 1.29 is 16.2 Å². The van der Waals surface area contributed by atoms with E-state index in [9.17, 15) is 0 Å². The van der Waals surface area contributed by atoms with Gasteiger partial charge >= 0.3 is 10.1 Å². The van der Waals surface area contributed by atoms with E-state index >= 15 is 0 Å². The van der Waals surface area contributed by atoms with Crippen molar-refractivity contribution in [3.8, 4) is 0 Å². The Hall–Kier alpha value is 0.239. The van der Waals surface area contributed by atoms with Crippen LogP contribution in [0.5, 0.6) is 0 Å². The summed E-state index contributed by atoms with van der Waals surface area (Å²) in [6.07, 6.45) is 0. The molecule has 5 heteroatoms. The van der Waals surface area contributed by atoms with E-state index in [1.807, 2.05) is 0 Å². The Kier molecular flexibility index (Phi) is 7.61. The standard InChI is InChI=1S/Be.H2O3S.2H/c;1-4(2)3;;/h;(H2,1,2,3);;/q+2;;2*-1/p-1. The minimum absolute atomic E-state index is 0. The Balaban J connectivity index is -0.0000000150. The molecule has 0 radical (unpaired) electrons. The molecule has 0 fully saturated rings. The van der Waals surface area contributed by atoms with Crippen LogP contribution in [0.15, 0.2) is 0 Å². The normalized spacial score (nSPS) is 12.4. The van der Waals surface area contributed by atoms with Gasteiger partial charge in [-0.05, 0) is 0 Å². The fraction of sp³-hybridized carbons (Fsp3) is 0. The van der Waals surface area contributed by atoms with Gasteiger partial charge < -0.3 is 12.0 Å². The van der Waals surface area contributed by atoms with Gasteiger partial charge in [-0.25, -0.2) is 4.21 Å². The Morgan fingerprint density at radius 1 is 2.00 bits per heavy atom. The molecular formula is H3BeO3S-. The second-order valence-electron chi connectivity index (χ2n) is 0.217. The molecule has 1 atom stereocenters. The molecule has 0 aliphatic heterocycles. The third kappa shape index (κ3) is 372. The zero-order valence-corrected chi connectivity index (χ0v) is 3.20. The molecule has 0 saturated carbocycles. The summed E-state index contributed by atoms with van der Waals surface area (Å²) in [5, 5.41) is 0. The first-order chi connectivity index (χ1) is 1.73. The molecule has 0 aliphatic carbocycles. The fourth-order valence-corrected chi connectivity index (χ4v) is 0. The van der Waals surface area contributed by atoms with Crippen molar-refractivity contribution >= 4 is 21.5 Å². The molecule has 30 valence electrons. The maximum absolute atomic E-state index is 8.56. The molecule has 0 spiro atoms. The molecule has 0 aliphatic rings. The van der Waals surface area contributed by atoms with Gasteiger partial charge in [-0.1, -0.05) is 0 Å². The zero-order chi connectivity index (χ0) is 3.58. The maximum Gasteiger partial charge on any atom is 2.00 e. The third-order valence-corrected chi connectivity index (χ3v) is 0. The minimum Gasteiger partial charge on any atom is -1.00 e. The summed E-state index contributed by atoms with van der Waals surface area (Å²) in [4.78, 5) is 0. The first kappa shape index (κ1) is 8.97. The van der Waals surface area contributed by atoms with Crippen molar-refractivity contribution in [3.05, 3.63) is 0 Å². The Morgan fingerprint density at radius 3 is 2.00 bits per heavy atom. The molecule has 0 saturated heterocycles. The van der Waals surface area contributed by atoms with E-state index < -0.39 is 11.4 Å². The van der Waals surface area contributed by atoms with Gasteiger partial charge in [-0.15, -0.1) is 0 Å². The van der Waals surface area contributed by atoms with Crippen molar-refractivity contribution in [3.63, 3.8) is 0 Å². The molecule has 1 N–H and O–H groups in total. The van der Waals surface area contributed by atoms with Crippen LogP contribution in [-0.2, 0) is 11.4 Å². The van der Waals surface area contributed by atoms with E-state index in [1.165, 1.54) is 0 Å². The van der Waals surface area contributed by atoms with E-state index in [4.69, 9.17) is 13.3 Å². The predicted molar refractivity (Wildman–Crippen MR) is 19.5 cm³/mol. The molecule has 0 rings (SSSR count). The van der Waals surface area contributed by atoms with E-state index in [2.05, 4.69) is 0 Å². The van der Waals surface area contributed by atoms with E-state index in [1.54, 1.807) is 0 Å². The predicted octanol–water partition coefficient (Wildman–Crippen LogP) is -0.817. The number of hydrogen-bond donors (Lipinski definition) is 1. The van der Waals surface area contributed by atoms with Crippen LogP contribution in [0.1, 0.15) is 2.85 Å². The Morgan fingerprint density at radius 2 is 2.00 bits per heavy atom. The summed E-state index contributed by atoms with van der Waals surface area (Å²) >= 11 is -2.86. The van der Waals surface area contributed by atoms with Crippen LogP contribution in [0, 0.1) is 0 Å². The van der Waals surface area contributed by atoms with E-state index in [-0.39, 0.29) is 13.0 Å². The summed E-state index contributed by atoms with van der Waals surface area (Å²) in [6, 6.07) is 0. The molecule has 1 unspecified atom stereocenters. The van der Waals surface area contributed by atoms with Crippen molar-refractivity contribution in [1.29, 1.82) is 0 Å². The quantitative estimate of drug-likeness (QED) is 0.314. The number of hydrogen-bond acceptors (Lipinski definition) is 2. The molecule has 0 aromatic carbocycles. The molecule has 5 heavy (non-hydrogen) atoms. The average Bonchev–Trinajstić information content (AvgIpc) is 0.811. The summed E-state index contributed by atoms with van der Waals surface area (Å²) in [5.74, 6) is 0. The van der Waals surface area contributed by atoms with Gasteiger partial charge in [-0.3, -0.25) is 0 Å². The van der Waals surface area contributed by atoms with Gasteiger partial charge in [0, 0.05) is 0 Å². The summed E-state index contributed by atoms with van der Waals surface area (Å²) in [5.41, 5.74) is 0. The van der Waals surface area contributed by atoms with Crippen LogP contribution in [0.4, 0.5) is 0 Å². The SMILES string of the molecule is O=S([O-])O.[Be+2].[H-].[H-]. The van der Waals surface area contributed by atoms with Gasteiger partial charge in [0.2, 0.25) is 0 Å². The van der Waals surface area contributed by atoms with E-state index in [0.29, 0.717) is 0 Å². The summed E-state index contributed by atoms with van der Waals surface area (Å²) < 4.78 is 24.1. The second kappa shape index (κ2) is 4.24. The molecule has 0 bridgehead atoms. The van der Waals surface area contributed by atoms with Crippen molar-refractivity contribution in [1.82, 2.24) is 0 Å². The van der Waals surface area contributed by atoms with Gasteiger partial charge in [0.15, 0.2) is 0 Å². The Bertz CT molecular complexity index is 35.9. The second-order valence-corrected chi connectivity index (χ2v) is 0.651. The largest absolute Gasteiger partial charge is 2.00 e. The smallest absolute Gasteiger partial charge is 1.00 e. The minimum atomic E-state index is -2.86. The van der Waals surface area contributed by atoms with E-state index in [0.717, 1.165) is 0 Å². The van der Waals surface area contributed by atoms with Gasteiger partial charge in [0.25, 0.3) is 0 Å². The Labute approximate surface area is 38.7 Å². The molecule has 0 heterocycles. The van der Waals surface area contributed by atoms with Gasteiger partial charge in [0.1, 0.15) is 0 Å². The van der Waals surface area contributed by atoms with Crippen molar-refractivity contribution in [2.24, 2.45) is 0 Å².